The Morgan fingerprint density at radius 2 is 2.11 bits per heavy atom. The Labute approximate surface area is 113 Å². The van der Waals surface area contributed by atoms with Crippen molar-refractivity contribution in [3.8, 4) is 6.07 Å². The summed E-state index contributed by atoms with van der Waals surface area (Å²) in [6.07, 6.45) is 0. The molecule has 1 unspecified atom stereocenters. The van der Waals surface area contributed by atoms with Crippen molar-refractivity contribution in [1.29, 1.82) is 5.26 Å². The van der Waals surface area contributed by atoms with E-state index >= 15 is 0 Å². The van der Waals surface area contributed by atoms with E-state index in [0.717, 1.165) is 0 Å². The first-order valence-electron chi connectivity index (χ1n) is 5.49. The van der Waals surface area contributed by atoms with Gasteiger partial charge in [-0.05, 0) is 25.8 Å². The van der Waals surface area contributed by atoms with E-state index in [1.54, 1.807) is 20.8 Å². The SMILES string of the molecule is Cc1cc(S(=O)(=O)CC(C)CCl)c(C#N)c(C)n1. The van der Waals surface area contributed by atoms with E-state index in [1.165, 1.54) is 6.07 Å². The molecule has 18 heavy (non-hydrogen) atoms. The average molecular weight is 287 g/mol. The van der Waals surface area contributed by atoms with Crippen LogP contribution in [0.3, 0.4) is 0 Å². The molecule has 0 aliphatic rings. The molecule has 0 N–H and O–H groups in total. The highest BCUT2D eigenvalue weighted by Crippen LogP contribution is 2.22. The molecule has 0 fully saturated rings. The summed E-state index contributed by atoms with van der Waals surface area (Å²) >= 11 is 5.64. The highest BCUT2D eigenvalue weighted by Gasteiger charge is 2.23. The summed E-state index contributed by atoms with van der Waals surface area (Å²) < 4.78 is 24.5. The summed E-state index contributed by atoms with van der Waals surface area (Å²) in [4.78, 5) is 4.17. The minimum Gasteiger partial charge on any atom is -0.257 e. The Balaban J connectivity index is 3.37. The van der Waals surface area contributed by atoms with Crippen LogP contribution in [0.25, 0.3) is 0 Å². The van der Waals surface area contributed by atoms with Crippen LogP contribution in [0.1, 0.15) is 23.9 Å². The molecule has 0 aliphatic heterocycles. The van der Waals surface area contributed by atoms with Crippen molar-refractivity contribution in [3.63, 3.8) is 0 Å². The summed E-state index contributed by atoms with van der Waals surface area (Å²) in [5, 5.41) is 9.06. The molecule has 1 heterocycles. The Kier molecular flexibility index (Phi) is 4.71. The maximum Gasteiger partial charge on any atom is 0.180 e. The minimum absolute atomic E-state index is 0.0614. The van der Waals surface area contributed by atoms with Gasteiger partial charge in [0, 0.05) is 11.6 Å². The van der Waals surface area contributed by atoms with Gasteiger partial charge in [-0.1, -0.05) is 6.92 Å². The second-order valence-corrected chi connectivity index (χ2v) is 6.69. The van der Waals surface area contributed by atoms with Gasteiger partial charge in [0.1, 0.15) is 6.07 Å². The fourth-order valence-electron chi connectivity index (χ4n) is 1.68. The van der Waals surface area contributed by atoms with Gasteiger partial charge in [0.15, 0.2) is 9.84 Å². The van der Waals surface area contributed by atoms with Gasteiger partial charge in [0.25, 0.3) is 0 Å². The van der Waals surface area contributed by atoms with Crippen molar-refractivity contribution in [2.45, 2.75) is 25.7 Å². The van der Waals surface area contributed by atoms with Gasteiger partial charge >= 0.3 is 0 Å². The number of alkyl halides is 1. The lowest BCUT2D eigenvalue weighted by Gasteiger charge is -2.11. The Morgan fingerprint density at radius 3 is 2.61 bits per heavy atom. The van der Waals surface area contributed by atoms with Crippen molar-refractivity contribution in [2.24, 2.45) is 5.92 Å². The molecule has 0 spiro atoms. The number of aryl methyl sites for hydroxylation is 2. The molecule has 0 aromatic carbocycles. The molecule has 1 aromatic rings. The molecule has 0 aliphatic carbocycles. The normalized spacial score (nSPS) is 13.1. The van der Waals surface area contributed by atoms with E-state index in [4.69, 9.17) is 16.9 Å². The van der Waals surface area contributed by atoms with Crippen LogP contribution in [0.4, 0.5) is 0 Å². The number of hydrogen-bond donors (Lipinski definition) is 0. The average Bonchev–Trinajstić information content (AvgIpc) is 2.27. The van der Waals surface area contributed by atoms with Crippen molar-refractivity contribution in [2.75, 3.05) is 11.6 Å². The zero-order chi connectivity index (χ0) is 13.9. The Morgan fingerprint density at radius 1 is 1.50 bits per heavy atom. The maximum absolute atomic E-state index is 12.2. The van der Waals surface area contributed by atoms with Crippen LogP contribution in [0.2, 0.25) is 0 Å². The predicted molar refractivity (Wildman–Crippen MR) is 70.4 cm³/mol. The summed E-state index contributed by atoms with van der Waals surface area (Å²) in [6.45, 7) is 5.10. The zero-order valence-electron chi connectivity index (χ0n) is 10.6. The predicted octanol–water partition coefficient (Wildman–Crippen LogP) is 2.22. The third-order valence-corrected chi connectivity index (χ3v) is 5.03. The molecule has 0 saturated carbocycles. The molecule has 0 radical (unpaired) electrons. The van der Waals surface area contributed by atoms with Crippen LogP contribution in [-0.2, 0) is 9.84 Å². The number of nitriles is 1. The second kappa shape index (κ2) is 5.68. The van der Waals surface area contributed by atoms with Gasteiger partial charge in [0.2, 0.25) is 0 Å². The van der Waals surface area contributed by atoms with E-state index in [1.807, 2.05) is 6.07 Å². The largest absolute Gasteiger partial charge is 0.257 e. The zero-order valence-corrected chi connectivity index (χ0v) is 12.1. The highest BCUT2D eigenvalue weighted by molar-refractivity contribution is 7.91. The Hall–Kier alpha value is -1.12. The first kappa shape index (κ1) is 14.9. The van der Waals surface area contributed by atoms with Crippen LogP contribution in [-0.4, -0.2) is 25.0 Å². The van der Waals surface area contributed by atoms with Crippen LogP contribution in [0, 0.1) is 31.1 Å². The minimum atomic E-state index is -3.51. The highest BCUT2D eigenvalue weighted by atomic mass is 35.5. The molecule has 4 nitrogen and oxygen atoms in total. The van der Waals surface area contributed by atoms with Gasteiger partial charge in [-0.3, -0.25) is 4.98 Å². The number of pyridine rings is 1. The van der Waals surface area contributed by atoms with E-state index < -0.39 is 9.84 Å². The van der Waals surface area contributed by atoms with Crippen LogP contribution in [0.15, 0.2) is 11.0 Å². The number of hydrogen-bond acceptors (Lipinski definition) is 4. The molecule has 1 aromatic heterocycles. The number of sulfone groups is 1. The van der Waals surface area contributed by atoms with Gasteiger partial charge in [-0.25, -0.2) is 8.42 Å². The van der Waals surface area contributed by atoms with E-state index in [0.29, 0.717) is 11.4 Å². The fraction of sp³-hybridized carbons (Fsp3) is 0.500. The van der Waals surface area contributed by atoms with Crippen molar-refractivity contribution < 1.29 is 8.42 Å². The van der Waals surface area contributed by atoms with E-state index in [2.05, 4.69) is 4.98 Å². The van der Waals surface area contributed by atoms with Crippen LogP contribution < -0.4 is 0 Å². The van der Waals surface area contributed by atoms with Crippen LogP contribution >= 0.6 is 11.6 Å². The van der Waals surface area contributed by atoms with E-state index in [9.17, 15) is 8.42 Å². The molecule has 0 bridgehead atoms. The molecular weight excluding hydrogens is 272 g/mol. The number of aromatic nitrogens is 1. The molecule has 0 saturated heterocycles. The first-order chi connectivity index (χ1) is 8.31. The van der Waals surface area contributed by atoms with Crippen molar-refractivity contribution in [3.05, 3.63) is 23.0 Å². The summed E-state index contributed by atoms with van der Waals surface area (Å²) in [6, 6.07) is 3.36. The molecule has 0 amide bonds. The third kappa shape index (κ3) is 3.21. The summed E-state index contributed by atoms with van der Waals surface area (Å²) in [5.74, 6) is 0.0510. The first-order valence-corrected chi connectivity index (χ1v) is 7.67. The number of halogens is 1. The lowest BCUT2D eigenvalue weighted by atomic mass is 10.2. The quantitative estimate of drug-likeness (QED) is 0.796. The monoisotopic (exact) mass is 286 g/mol. The molecule has 1 rings (SSSR count). The summed E-state index contributed by atoms with van der Waals surface area (Å²) in [7, 11) is -3.51. The van der Waals surface area contributed by atoms with Gasteiger partial charge < -0.3 is 0 Å². The standard InChI is InChI=1S/C12H15ClN2O2S/c1-8(5-13)7-18(16,17)12-4-9(2)15-10(3)11(12)6-14/h4,8H,5,7H2,1-3H3. The van der Waals surface area contributed by atoms with Crippen molar-refractivity contribution >= 4 is 21.4 Å². The topological polar surface area (TPSA) is 70.8 Å². The molecular formula is C12H15ClN2O2S. The third-order valence-electron chi connectivity index (χ3n) is 2.51. The molecule has 6 heteroatoms. The second-order valence-electron chi connectivity index (χ2n) is 4.37. The number of nitrogens with zero attached hydrogens (tertiary/aromatic N) is 2. The summed E-state index contributed by atoms with van der Waals surface area (Å²) in [5.41, 5.74) is 1.15. The lowest BCUT2D eigenvalue weighted by molar-refractivity contribution is 0.582. The lowest BCUT2D eigenvalue weighted by Crippen LogP contribution is -2.17. The Bertz CT molecular complexity index is 591. The van der Waals surface area contributed by atoms with Gasteiger partial charge in [-0.2, -0.15) is 5.26 Å². The van der Waals surface area contributed by atoms with E-state index in [-0.39, 0.29) is 28.0 Å². The maximum atomic E-state index is 12.2. The molecule has 1 atom stereocenters. The van der Waals surface area contributed by atoms with Gasteiger partial charge in [0.05, 0.1) is 21.9 Å². The molecule has 98 valence electrons. The fourth-order valence-corrected chi connectivity index (χ4v) is 3.82. The van der Waals surface area contributed by atoms with Crippen LogP contribution in [0.5, 0.6) is 0 Å². The number of rotatable bonds is 4. The smallest absolute Gasteiger partial charge is 0.180 e. The van der Waals surface area contributed by atoms with Gasteiger partial charge in [-0.15, -0.1) is 11.6 Å². The van der Waals surface area contributed by atoms with Crippen molar-refractivity contribution in [1.82, 2.24) is 4.98 Å².